The molecule has 2 aromatic carbocycles. The largest absolute Gasteiger partial charge is 0.495 e. The van der Waals surface area contributed by atoms with Gasteiger partial charge in [-0.05, 0) is 36.4 Å². The van der Waals surface area contributed by atoms with Crippen molar-refractivity contribution < 1.29 is 14.1 Å². The molecule has 3 rings (SSSR count). The minimum atomic E-state index is -0.646. The van der Waals surface area contributed by atoms with Gasteiger partial charge in [0.1, 0.15) is 17.9 Å². The number of ether oxygens (including phenoxy) is 1. The molecule has 0 aliphatic rings. The molecule has 0 bridgehead atoms. The summed E-state index contributed by atoms with van der Waals surface area (Å²) in [5.41, 5.74) is 0.275. The van der Waals surface area contributed by atoms with E-state index in [0.717, 1.165) is 12.4 Å². The summed E-state index contributed by atoms with van der Waals surface area (Å²) in [6.07, 6.45) is 1.14. The molecule has 0 aliphatic heterocycles. The number of anilines is 4. The van der Waals surface area contributed by atoms with E-state index < -0.39 is 16.4 Å². The van der Waals surface area contributed by atoms with Gasteiger partial charge in [-0.25, -0.2) is 14.4 Å². The molecular weight excluding hydrogens is 412 g/mol. The van der Waals surface area contributed by atoms with Gasteiger partial charge in [-0.2, -0.15) is 0 Å². The summed E-state index contributed by atoms with van der Waals surface area (Å²) in [6.45, 7) is 0. The Morgan fingerprint density at radius 1 is 1.11 bits per heavy atom. The second-order valence-electron chi connectivity index (χ2n) is 5.40. The molecule has 0 saturated heterocycles. The zero-order chi connectivity index (χ0) is 20.3. The van der Waals surface area contributed by atoms with Crippen LogP contribution >= 0.6 is 23.2 Å². The third kappa shape index (κ3) is 4.21. The first-order valence-corrected chi connectivity index (χ1v) is 8.46. The van der Waals surface area contributed by atoms with Crippen molar-refractivity contribution in [1.82, 2.24) is 9.97 Å². The summed E-state index contributed by atoms with van der Waals surface area (Å²) in [7, 11) is 1.45. The Morgan fingerprint density at radius 3 is 2.46 bits per heavy atom. The average Bonchev–Trinajstić information content (AvgIpc) is 2.65. The predicted molar refractivity (Wildman–Crippen MR) is 105 cm³/mol. The van der Waals surface area contributed by atoms with Crippen LogP contribution in [0.5, 0.6) is 5.75 Å². The van der Waals surface area contributed by atoms with Crippen LogP contribution in [0.15, 0.2) is 42.7 Å². The molecule has 0 atom stereocenters. The summed E-state index contributed by atoms with van der Waals surface area (Å²) in [5, 5.41) is 17.5. The Labute approximate surface area is 168 Å². The van der Waals surface area contributed by atoms with Crippen molar-refractivity contribution >= 4 is 51.9 Å². The van der Waals surface area contributed by atoms with E-state index >= 15 is 0 Å². The molecule has 3 aromatic rings. The van der Waals surface area contributed by atoms with Crippen LogP contribution in [-0.4, -0.2) is 22.0 Å². The Hall–Kier alpha value is -3.17. The van der Waals surface area contributed by atoms with Gasteiger partial charge in [0.15, 0.2) is 0 Å². The van der Waals surface area contributed by atoms with Crippen LogP contribution in [0.1, 0.15) is 0 Å². The third-order valence-electron chi connectivity index (χ3n) is 3.60. The van der Waals surface area contributed by atoms with Gasteiger partial charge in [0.25, 0.3) is 0 Å². The van der Waals surface area contributed by atoms with E-state index in [-0.39, 0.29) is 16.7 Å². The van der Waals surface area contributed by atoms with Gasteiger partial charge in [-0.1, -0.05) is 23.2 Å². The number of nitrogens with zero attached hydrogens (tertiary/aromatic N) is 3. The lowest BCUT2D eigenvalue weighted by atomic mass is 10.2. The van der Waals surface area contributed by atoms with Crippen LogP contribution in [0, 0.1) is 15.9 Å². The molecule has 144 valence electrons. The van der Waals surface area contributed by atoms with Crippen molar-refractivity contribution in [2.75, 3.05) is 17.7 Å². The van der Waals surface area contributed by atoms with Crippen molar-refractivity contribution in [2.45, 2.75) is 0 Å². The van der Waals surface area contributed by atoms with E-state index in [1.807, 2.05) is 0 Å². The lowest BCUT2D eigenvalue weighted by Crippen LogP contribution is -2.06. The molecule has 2 N–H and O–H groups in total. The number of nitro groups is 1. The standard InChI is InChI=1S/C17H12Cl2FN5O3/c1-28-14-5-2-9(18)6-13(14)24-17-15(25(26)27)16(21-8-22-17)23-10-3-4-12(20)11(19)7-10/h2-8H,1H3,(H2,21,22,23,24). The number of rotatable bonds is 6. The summed E-state index contributed by atoms with van der Waals surface area (Å²) in [4.78, 5) is 18.9. The number of halogens is 3. The molecule has 1 heterocycles. The van der Waals surface area contributed by atoms with Crippen molar-refractivity contribution in [3.05, 3.63) is 68.7 Å². The fraction of sp³-hybridized carbons (Fsp3) is 0.0588. The maximum atomic E-state index is 13.3. The quantitative estimate of drug-likeness (QED) is 0.408. The number of nitrogens with one attached hydrogen (secondary N) is 2. The Morgan fingerprint density at radius 2 is 1.82 bits per heavy atom. The minimum Gasteiger partial charge on any atom is -0.495 e. The van der Waals surface area contributed by atoms with Gasteiger partial charge >= 0.3 is 5.69 Å². The van der Waals surface area contributed by atoms with Gasteiger partial charge in [0, 0.05) is 10.7 Å². The van der Waals surface area contributed by atoms with Crippen LogP contribution in [-0.2, 0) is 0 Å². The van der Waals surface area contributed by atoms with E-state index in [0.29, 0.717) is 22.1 Å². The molecule has 0 radical (unpaired) electrons. The average molecular weight is 424 g/mol. The number of benzene rings is 2. The normalized spacial score (nSPS) is 10.4. The van der Waals surface area contributed by atoms with Gasteiger partial charge in [-0.3, -0.25) is 10.1 Å². The maximum Gasteiger partial charge on any atom is 0.353 e. The number of methoxy groups -OCH3 is 1. The topological polar surface area (TPSA) is 102 Å². The molecule has 28 heavy (non-hydrogen) atoms. The monoisotopic (exact) mass is 423 g/mol. The van der Waals surface area contributed by atoms with E-state index in [1.165, 1.54) is 19.2 Å². The molecule has 8 nitrogen and oxygen atoms in total. The molecule has 0 saturated carbocycles. The van der Waals surface area contributed by atoms with Gasteiger partial charge < -0.3 is 15.4 Å². The fourth-order valence-corrected chi connectivity index (χ4v) is 2.70. The van der Waals surface area contributed by atoms with E-state index in [1.54, 1.807) is 18.2 Å². The highest BCUT2D eigenvalue weighted by atomic mass is 35.5. The Bertz CT molecular complexity index is 1050. The number of aromatic nitrogens is 2. The highest BCUT2D eigenvalue weighted by Gasteiger charge is 2.24. The molecular formula is C17H12Cl2FN5O3. The number of hydrogen-bond donors (Lipinski definition) is 2. The van der Waals surface area contributed by atoms with Gasteiger partial charge in [0.05, 0.1) is 22.7 Å². The first kappa shape index (κ1) is 19.6. The van der Waals surface area contributed by atoms with Crippen molar-refractivity contribution in [2.24, 2.45) is 0 Å². The Kier molecular flexibility index (Phi) is 5.76. The molecule has 0 amide bonds. The Balaban J connectivity index is 2.01. The van der Waals surface area contributed by atoms with Gasteiger partial charge in [0.2, 0.25) is 11.6 Å². The first-order chi connectivity index (χ1) is 13.4. The molecule has 0 unspecified atom stereocenters. The smallest absolute Gasteiger partial charge is 0.353 e. The second-order valence-corrected chi connectivity index (χ2v) is 6.24. The zero-order valence-corrected chi connectivity index (χ0v) is 15.8. The van der Waals surface area contributed by atoms with E-state index in [2.05, 4.69) is 20.6 Å². The molecule has 0 spiro atoms. The summed E-state index contributed by atoms with van der Waals surface area (Å²) < 4.78 is 18.6. The lowest BCUT2D eigenvalue weighted by molar-refractivity contribution is -0.383. The summed E-state index contributed by atoms with van der Waals surface area (Å²) in [5.74, 6) is -0.389. The molecule has 11 heteroatoms. The molecule has 0 aliphatic carbocycles. The molecule has 0 fully saturated rings. The minimum absolute atomic E-state index is 0.0868. The predicted octanol–water partition coefficient (Wildman–Crippen LogP) is 5.33. The SMILES string of the molecule is COc1ccc(Cl)cc1Nc1ncnc(Nc2ccc(F)c(Cl)c2)c1[N+](=O)[O-]. The van der Waals surface area contributed by atoms with E-state index in [4.69, 9.17) is 27.9 Å². The van der Waals surface area contributed by atoms with Gasteiger partial charge in [-0.15, -0.1) is 0 Å². The van der Waals surface area contributed by atoms with E-state index in [9.17, 15) is 14.5 Å². The summed E-state index contributed by atoms with van der Waals surface area (Å²) >= 11 is 11.7. The fourth-order valence-electron chi connectivity index (χ4n) is 2.35. The van der Waals surface area contributed by atoms with Crippen LogP contribution < -0.4 is 15.4 Å². The third-order valence-corrected chi connectivity index (χ3v) is 4.13. The lowest BCUT2D eigenvalue weighted by Gasteiger charge is -2.13. The maximum absolute atomic E-state index is 13.3. The zero-order valence-electron chi connectivity index (χ0n) is 14.2. The summed E-state index contributed by atoms with van der Waals surface area (Å²) in [6, 6.07) is 8.56. The highest BCUT2D eigenvalue weighted by molar-refractivity contribution is 6.31. The van der Waals surface area contributed by atoms with Crippen molar-refractivity contribution in [3.63, 3.8) is 0 Å². The van der Waals surface area contributed by atoms with Crippen molar-refractivity contribution in [3.8, 4) is 5.75 Å². The first-order valence-electron chi connectivity index (χ1n) is 7.71. The van der Waals surface area contributed by atoms with Crippen molar-refractivity contribution in [1.29, 1.82) is 0 Å². The molecule has 1 aromatic heterocycles. The number of hydrogen-bond acceptors (Lipinski definition) is 7. The van der Waals surface area contributed by atoms with Crippen LogP contribution in [0.4, 0.5) is 33.1 Å². The van der Waals surface area contributed by atoms with Crippen LogP contribution in [0.2, 0.25) is 10.0 Å². The van der Waals surface area contributed by atoms with Crippen LogP contribution in [0.25, 0.3) is 0 Å². The van der Waals surface area contributed by atoms with Crippen LogP contribution in [0.3, 0.4) is 0 Å². The highest BCUT2D eigenvalue weighted by Crippen LogP contribution is 2.36. The second kappa shape index (κ2) is 8.24.